The van der Waals surface area contributed by atoms with Crippen LogP contribution in [0.3, 0.4) is 0 Å². The number of benzene rings is 2. The number of anilines is 1. The molecule has 1 aliphatic rings. The van der Waals surface area contributed by atoms with Crippen LogP contribution in [-0.2, 0) is 23.1 Å². The number of nitrogens with two attached hydrogens (primary N) is 1. The summed E-state index contributed by atoms with van der Waals surface area (Å²) in [5, 5.41) is 0.621. The lowest BCUT2D eigenvalue weighted by atomic mass is 9.91. The van der Waals surface area contributed by atoms with Crippen LogP contribution in [0, 0.1) is 18.2 Å². The first-order chi connectivity index (χ1) is 20.4. The van der Waals surface area contributed by atoms with Crippen molar-refractivity contribution in [1.82, 2.24) is 4.98 Å². The van der Waals surface area contributed by atoms with Crippen molar-refractivity contribution in [2.24, 2.45) is 5.73 Å². The SMILES string of the molecule is C#CCOc1cc(Cl)c(C[C@H](N)C(=O)N2CC(C)(C)c3nc(O[Si](C)(C)C(C)(C)C)c(Cc4ccc(F)cc4)cc32)c(Cl)c1. The van der Waals surface area contributed by atoms with Gasteiger partial charge in [0.1, 0.15) is 18.2 Å². The largest absolute Gasteiger partial charge is 0.530 e. The van der Waals surface area contributed by atoms with Gasteiger partial charge in [0.2, 0.25) is 11.8 Å². The fraction of sp³-hybridized carbons (Fsp3) is 0.412. The summed E-state index contributed by atoms with van der Waals surface area (Å²) < 4.78 is 25.9. The van der Waals surface area contributed by atoms with E-state index >= 15 is 0 Å². The lowest BCUT2D eigenvalue weighted by Gasteiger charge is -2.36. The number of aromatic nitrogens is 1. The molecule has 0 unspecified atom stereocenters. The van der Waals surface area contributed by atoms with Crippen molar-refractivity contribution in [3.63, 3.8) is 0 Å². The van der Waals surface area contributed by atoms with E-state index in [1.807, 2.05) is 6.07 Å². The lowest BCUT2D eigenvalue weighted by molar-refractivity contribution is -0.119. The van der Waals surface area contributed by atoms with Crippen LogP contribution in [0.25, 0.3) is 0 Å². The molecular formula is C34H40Cl2FN3O3Si. The van der Waals surface area contributed by atoms with Crippen LogP contribution < -0.4 is 19.8 Å². The molecule has 1 amide bonds. The average molecular weight is 657 g/mol. The number of nitrogens with zero attached hydrogens (tertiary/aromatic N) is 2. The van der Waals surface area contributed by atoms with Crippen LogP contribution in [0.15, 0.2) is 42.5 Å². The first-order valence-electron chi connectivity index (χ1n) is 14.5. The Morgan fingerprint density at radius 1 is 1.18 bits per heavy atom. The van der Waals surface area contributed by atoms with E-state index in [0.29, 0.717) is 45.9 Å². The first kappa shape index (κ1) is 33.8. The molecular weight excluding hydrogens is 616 g/mol. The number of pyridine rings is 1. The van der Waals surface area contributed by atoms with E-state index in [9.17, 15) is 9.18 Å². The molecule has 2 heterocycles. The second-order valence-electron chi connectivity index (χ2n) is 13.5. The Kier molecular flexibility index (Phi) is 9.77. The summed E-state index contributed by atoms with van der Waals surface area (Å²) in [5.74, 6) is 2.81. The molecule has 0 bridgehead atoms. The fourth-order valence-corrected chi connectivity index (χ4v) is 6.49. The number of amides is 1. The van der Waals surface area contributed by atoms with Crippen molar-refractivity contribution < 1.29 is 18.3 Å². The Morgan fingerprint density at radius 3 is 2.36 bits per heavy atom. The van der Waals surface area contributed by atoms with Crippen LogP contribution in [0.5, 0.6) is 11.6 Å². The van der Waals surface area contributed by atoms with Crippen LogP contribution in [0.4, 0.5) is 10.1 Å². The van der Waals surface area contributed by atoms with E-state index in [1.54, 1.807) is 29.2 Å². The maximum Gasteiger partial charge on any atom is 0.252 e. The van der Waals surface area contributed by atoms with E-state index in [1.165, 1.54) is 12.1 Å². The molecule has 0 saturated heterocycles. The number of halogens is 3. The minimum Gasteiger partial charge on any atom is -0.530 e. The fourth-order valence-electron chi connectivity index (χ4n) is 4.90. The van der Waals surface area contributed by atoms with E-state index in [-0.39, 0.29) is 29.8 Å². The molecule has 44 heavy (non-hydrogen) atoms. The Bertz CT molecular complexity index is 1570. The van der Waals surface area contributed by atoms with Crippen LogP contribution in [-0.4, -0.2) is 38.4 Å². The van der Waals surface area contributed by atoms with Crippen molar-refractivity contribution in [2.45, 2.75) is 77.0 Å². The summed E-state index contributed by atoms with van der Waals surface area (Å²) in [7, 11) is -2.27. The van der Waals surface area contributed by atoms with Gasteiger partial charge in [0.05, 0.1) is 17.4 Å². The monoisotopic (exact) mass is 655 g/mol. The Labute approximate surface area is 271 Å². The van der Waals surface area contributed by atoms with Gasteiger partial charge < -0.3 is 19.8 Å². The van der Waals surface area contributed by atoms with Gasteiger partial charge in [-0.25, -0.2) is 9.37 Å². The van der Waals surface area contributed by atoms with Crippen molar-refractivity contribution in [1.29, 1.82) is 0 Å². The second-order valence-corrected chi connectivity index (χ2v) is 19.0. The number of hydrogen-bond acceptors (Lipinski definition) is 5. The van der Waals surface area contributed by atoms with Gasteiger partial charge in [-0.05, 0) is 66.0 Å². The zero-order chi connectivity index (χ0) is 32.6. The number of fused-ring (bicyclic) bond motifs is 1. The van der Waals surface area contributed by atoms with Gasteiger partial charge in [0.15, 0.2) is 0 Å². The maximum atomic E-state index is 14.0. The normalized spacial score (nSPS) is 15.0. The zero-order valence-electron chi connectivity index (χ0n) is 26.4. The zero-order valence-corrected chi connectivity index (χ0v) is 28.9. The van der Waals surface area contributed by atoms with Gasteiger partial charge in [0.25, 0.3) is 8.32 Å². The standard InChI is InChI=1S/C34H40Cl2FN3O3Si/c1-9-14-42-24-17-26(35)25(27(36)18-24)19-28(38)32(41)40-20-34(5,6)30-29(40)16-22(15-21-10-12-23(37)13-11-21)31(39-30)43-44(7,8)33(2,3)4/h1,10-13,16-18,28H,14-15,19-20,38H2,2-8H3/t28-/m0/s1. The van der Waals surface area contributed by atoms with Gasteiger partial charge >= 0.3 is 0 Å². The van der Waals surface area contributed by atoms with Crippen LogP contribution in [0.2, 0.25) is 28.2 Å². The van der Waals surface area contributed by atoms with Crippen molar-refractivity contribution in [3.05, 3.63) is 80.7 Å². The highest BCUT2D eigenvalue weighted by Crippen LogP contribution is 2.44. The third-order valence-corrected chi connectivity index (χ3v) is 13.4. The van der Waals surface area contributed by atoms with Gasteiger partial charge in [-0.15, -0.1) is 6.42 Å². The summed E-state index contributed by atoms with van der Waals surface area (Å²) in [6.07, 6.45) is 5.86. The smallest absolute Gasteiger partial charge is 0.252 e. The third kappa shape index (κ3) is 7.23. The molecule has 2 aromatic carbocycles. The highest BCUT2D eigenvalue weighted by Gasteiger charge is 2.44. The molecule has 0 radical (unpaired) electrons. The molecule has 6 nitrogen and oxygen atoms in total. The molecule has 234 valence electrons. The van der Waals surface area contributed by atoms with Crippen LogP contribution in [0.1, 0.15) is 57.0 Å². The molecule has 1 atom stereocenters. The molecule has 1 aliphatic heterocycles. The number of carbonyl (C=O) groups is 1. The lowest BCUT2D eigenvalue weighted by Crippen LogP contribution is -2.46. The minimum atomic E-state index is -2.27. The predicted molar refractivity (Wildman–Crippen MR) is 179 cm³/mol. The third-order valence-electron chi connectivity index (χ3n) is 8.44. The molecule has 0 aliphatic carbocycles. The molecule has 0 saturated carbocycles. The molecule has 0 spiro atoms. The molecule has 10 heteroatoms. The number of ether oxygens (including phenoxy) is 1. The molecule has 4 rings (SSSR count). The second kappa shape index (κ2) is 12.7. The van der Waals surface area contributed by atoms with E-state index in [4.69, 9.17) is 49.5 Å². The van der Waals surface area contributed by atoms with Gasteiger partial charge in [0, 0.05) is 34.0 Å². The maximum absolute atomic E-state index is 14.0. The topological polar surface area (TPSA) is 77.7 Å². The number of hydrogen-bond donors (Lipinski definition) is 1. The van der Waals surface area contributed by atoms with Gasteiger partial charge in [-0.3, -0.25) is 4.79 Å². The quantitative estimate of drug-likeness (QED) is 0.189. The van der Waals surface area contributed by atoms with Crippen LogP contribution >= 0.6 is 23.2 Å². The molecule has 3 aromatic rings. The van der Waals surface area contributed by atoms with E-state index < -0.39 is 19.8 Å². The van der Waals surface area contributed by atoms with Gasteiger partial charge in [-0.1, -0.05) is 75.9 Å². The highest BCUT2D eigenvalue weighted by molar-refractivity contribution is 6.74. The summed E-state index contributed by atoms with van der Waals surface area (Å²) in [5.41, 5.74) is 9.78. The Morgan fingerprint density at radius 2 is 1.80 bits per heavy atom. The molecule has 1 aromatic heterocycles. The van der Waals surface area contributed by atoms with Gasteiger partial charge in [-0.2, -0.15) is 0 Å². The van der Waals surface area contributed by atoms with Crippen molar-refractivity contribution >= 4 is 43.1 Å². The summed E-state index contributed by atoms with van der Waals surface area (Å²) in [6, 6.07) is 10.6. The summed E-state index contributed by atoms with van der Waals surface area (Å²) >= 11 is 13.0. The molecule has 0 fully saturated rings. The molecule has 2 N–H and O–H groups in total. The summed E-state index contributed by atoms with van der Waals surface area (Å²) in [4.78, 5) is 20.7. The Balaban J connectivity index is 1.71. The summed E-state index contributed by atoms with van der Waals surface area (Å²) in [6.45, 7) is 15.4. The minimum absolute atomic E-state index is 0.0562. The van der Waals surface area contributed by atoms with E-state index in [0.717, 1.165) is 16.8 Å². The first-order valence-corrected chi connectivity index (χ1v) is 18.2. The number of rotatable bonds is 9. The van der Waals surface area contributed by atoms with Crippen molar-refractivity contribution in [2.75, 3.05) is 18.1 Å². The number of terminal acetylenes is 1. The van der Waals surface area contributed by atoms with E-state index in [2.05, 4.69) is 53.6 Å². The van der Waals surface area contributed by atoms with Crippen molar-refractivity contribution in [3.8, 4) is 24.0 Å². The Hall–Kier alpha value is -3.09. The predicted octanol–water partition coefficient (Wildman–Crippen LogP) is 7.71. The number of carbonyl (C=O) groups excluding carboxylic acids is 1. The highest BCUT2D eigenvalue weighted by atomic mass is 35.5. The average Bonchev–Trinajstić information content (AvgIpc) is 3.19.